The summed E-state index contributed by atoms with van der Waals surface area (Å²) in [7, 11) is 2.17. The molecule has 0 unspecified atom stereocenters. The molecule has 0 aliphatic heterocycles. The summed E-state index contributed by atoms with van der Waals surface area (Å²) < 4.78 is 0. The first-order chi connectivity index (χ1) is 8.29. The lowest BCUT2D eigenvalue weighted by molar-refractivity contribution is 0.362. The molecule has 2 N–H and O–H groups in total. The number of aromatic nitrogens is 1. The molecule has 17 heavy (non-hydrogen) atoms. The lowest BCUT2D eigenvalue weighted by Crippen LogP contribution is -2.26. The Balaban J connectivity index is 1.86. The van der Waals surface area contributed by atoms with Crippen molar-refractivity contribution in [3.63, 3.8) is 0 Å². The van der Waals surface area contributed by atoms with E-state index in [1.807, 2.05) is 0 Å². The molecule has 1 saturated carbocycles. The van der Waals surface area contributed by atoms with Crippen molar-refractivity contribution < 1.29 is 0 Å². The number of rotatable bonds is 5. The number of anilines is 1. The van der Waals surface area contributed by atoms with Crippen LogP contribution in [-0.4, -0.2) is 25.1 Å². The molecule has 0 radical (unpaired) electrons. The molecule has 3 nitrogen and oxygen atoms in total. The maximum Gasteiger partial charge on any atom is 0.185 e. The van der Waals surface area contributed by atoms with E-state index in [2.05, 4.69) is 22.3 Å². The second kappa shape index (κ2) is 6.36. The van der Waals surface area contributed by atoms with Crippen molar-refractivity contribution >= 4 is 16.5 Å². The molecule has 96 valence electrons. The van der Waals surface area contributed by atoms with E-state index in [0.717, 1.165) is 29.7 Å². The van der Waals surface area contributed by atoms with Gasteiger partial charge in [-0.25, -0.2) is 4.98 Å². The average Bonchev–Trinajstić information content (AvgIpc) is 2.79. The molecule has 0 aromatic carbocycles. The topological polar surface area (TPSA) is 42.2 Å². The van der Waals surface area contributed by atoms with Gasteiger partial charge in [-0.15, -0.1) is 11.3 Å². The van der Waals surface area contributed by atoms with Crippen molar-refractivity contribution in [3.8, 4) is 0 Å². The molecule has 1 aromatic heterocycles. The second-order valence-corrected chi connectivity index (χ2v) is 5.88. The zero-order chi connectivity index (χ0) is 12.1. The van der Waals surface area contributed by atoms with Crippen molar-refractivity contribution in [3.05, 3.63) is 11.1 Å². The summed E-state index contributed by atoms with van der Waals surface area (Å²) in [4.78, 5) is 6.95. The number of nitrogens with two attached hydrogens (primary N) is 1. The first kappa shape index (κ1) is 12.8. The van der Waals surface area contributed by atoms with Crippen LogP contribution in [0.3, 0.4) is 0 Å². The van der Waals surface area contributed by atoms with Gasteiger partial charge in [-0.05, 0) is 25.3 Å². The third-order valence-electron chi connectivity index (χ3n) is 3.52. The molecule has 0 spiro atoms. The van der Waals surface area contributed by atoms with Crippen LogP contribution in [0.1, 0.15) is 37.8 Å². The Morgan fingerprint density at radius 3 is 2.88 bits per heavy atom. The van der Waals surface area contributed by atoms with Gasteiger partial charge >= 0.3 is 0 Å². The lowest BCUT2D eigenvalue weighted by atomic mass is 9.89. The minimum atomic E-state index is 0.690. The SMILES string of the molecule is CN(CC1CCCCC1)c1nc(CCN)cs1. The Hall–Kier alpha value is -0.610. The predicted molar refractivity (Wildman–Crippen MR) is 74.7 cm³/mol. The molecule has 1 aliphatic rings. The van der Waals surface area contributed by atoms with E-state index in [-0.39, 0.29) is 0 Å². The smallest absolute Gasteiger partial charge is 0.185 e. The predicted octanol–water partition coefficient (Wildman–Crippen LogP) is 2.66. The Bertz CT molecular complexity index is 331. The second-order valence-electron chi connectivity index (χ2n) is 5.04. The van der Waals surface area contributed by atoms with Gasteiger partial charge in [0.05, 0.1) is 5.69 Å². The number of hydrogen-bond acceptors (Lipinski definition) is 4. The van der Waals surface area contributed by atoms with Gasteiger partial charge in [-0.1, -0.05) is 19.3 Å². The van der Waals surface area contributed by atoms with Crippen molar-refractivity contribution in [1.29, 1.82) is 0 Å². The average molecular weight is 253 g/mol. The summed E-state index contributed by atoms with van der Waals surface area (Å²) in [5.74, 6) is 0.871. The van der Waals surface area contributed by atoms with Gasteiger partial charge in [0, 0.05) is 25.4 Å². The third-order valence-corrected chi connectivity index (χ3v) is 4.53. The van der Waals surface area contributed by atoms with E-state index in [1.54, 1.807) is 11.3 Å². The van der Waals surface area contributed by atoms with Crippen LogP contribution >= 0.6 is 11.3 Å². The fourth-order valence-corrected chi connectivity index (χ4v) is 3.41. The number of nitrogens with zero attached hydrogens (tertiary/aromatic N) is 2. The standard InChI is InChI=1S/C13H23N3S/c1-16(9-11-5-3-2-4-6-11)13-15-12(7-8-14)10-17-13/h10-11H,2-9,14H2,1H3. The maximum absolute atomic E-state index is 5.55. The zero-order valence-corrected chi connectivity index (χ0v) is 11.5. The molecule has 1 aromatic rings. The van der Waals surface area contributed by atoms with Crippen LogP contribution in [0.4, 0.5) is 5.13 Å². The molecule has 0 saturated heterocycles. The fraction of sp³-hybridized carbons (Fsp3) is 0.769. The lowest BCUT2D eigenvalue weighted by Gasteiger charge is -2.26. The van der Waals surface area contributed by atoms with E-state index in [1.165, 1.54) is 32.1 Å². The highest BCUT2D eigenvalue weighted by Gasteiger charge is 2.16. The van der Waals surface area contributed by atoms with E-state index >= 15 is 0 Å². The quantitative estimate of drug-likeness (QED) is 0.877. The number of thiazole rings is 1. The Morgan fingerprint density at radius 2 is 2.18 bits per heavy atom. The summed E-state index contributed by atoms with van der Waals surface area (Å²) in [5, 5.41) is 3.29. The van der Waals surface area contributed by atoms with Crippen LogP contribution in [0.15, 0.2) is 5.38 Å². The minimum absolute atomic E-state index is 0.690. The Labute approximate surface area is 108 Å². The Kier molecular flexibility index (Phi) is 4.80. The van der Waals surface area contributed by atoms with E-state index in [0.29, 0.717) is 6.54 Å². The molecule has 1 fully saturated rings. The van der Waals surface area contributed by atoms with Crippen molar-refractivity contribution in [2.24, 2.45) is 11.7 Å². The van der Waals surface area contributed by atoms with E-state index < -0.39 is 0 Å². The highest BCUT2D eigenvalue weighted by Crippen LogP contribution is 2.27. The van der Waals surface area contributed by atoms with Gasteiger partial charge < -0.3 is 10.6 Å². The van der Waals surface area contributed by atoms with Crippen LogP contribution in [0.25, 0.3) is 0 Å². The molecule has 0 bridgehead atoms. The Morgan fingerprint density at radius 1 is 1.41 bits per heavy atom. The van der Waals surface area contributed by atoms with Crippen LogP contribution in [0.5, 0.6) is 0 Å². The summed E-state index contributed by atoms with van der Waals surface area (Å²) in [6.07, 6.45) is 7.94. The van der Waals surface area contributed by atoms with Crippen LogP contribution in [0.2, 0.25) is 0 Å². The zero-order valence-electron chi connectivity index (χ0n) is 10.7. The third kappa shape index (κ3) is 3.68. The van der Waals surface area contributed by atoms with Crippen LogP contribution in [-0.2, 0) is 6.42 Å². The highest BCUT2D eigenvalue weighted by atomic mass is 32.1. The summed E-state index contributed by atoms with van der Waals surface area (Å²) >= 11 is 1.75. The first-order valence-corrected chi connectivity index (χ1v) is 7.53. The van der Waals surface area contributed by atoms with Gasteiger partial charge in [-0.2, -0.15) is 0 Å². The number of hydrogen-bond donors (Lipinski definition) is 1. The molecule has 4 heteroatoms. The van der Waals surface area contributed by atoms with Crippen molar-refractivity contribution in [2.75, 3.05) is 25.0 Å². The molecular weight excluding hydrogens is 230 g/mol. The van der Waals surface area contributed by atoms with Crippen LogP contribution < -0.4 is 10.6 Å². The summed E-state index contributed by atoms with van der Waals surface area (Å²) in [6, 6.07) is 0. The van der Waals surface area contributed by atoms with Crippen molar-refractivity contribution in [1.82, 2.24) is 4.98 Å². The monoisotopic (exact) mass is 253 g/mol. The fourth-order valence-electron chi connectivity index (χ4n) is 2.57. The largest absolute Gasteiger partial charge is 0.351 e. The molecule has 0 atom stereocenters. The van der Waals surface area contributed by atoms with Gasteiger partial charge in [0.2, 0.25) is 0 Å². The van der Waals surface area contributed by atoms with Gasteiger partial charge in [0.15, 0.2) is 5.13 Å². The van der Waals surface area contributed by atoms with Crippen LogP contribution in [0, 0.1) is 5.92 Å². The highest BCUT2D eigenvalue weighted by molar-refractivity contribution is 7.13. The first-order valence-electron chi connectivity index (χ1n) is 6.65. The molecule has 1 aliphatic carbocycles. The molecule has 1 heterocycles. The minimum Gasteiger partial charge on any atom is -0.351 e. The molecule has 0 amide bonds. The maximum atomic E-state index is 5.55. The van der Waals surface area contributed by atoms with E-state index in [9.17, 15) is 0 Å². The van der Waals surface area contributed by atoms with Crippen molar-refractivity contribution in [2.45, 2.75) is 38.5 Å². The molecule has 2 rings (SSSR count). The molecular formula is C13H23N3S. The van der Waals surface area contributed by atoms with E-state index in [4.69, 9.17) is 5.73 Å². The summed E-state index contributed by atoms with van der Waals surface area (Å²) in [6.45, 7) is 1.85. The normalized spacial score (nSPS) is 17.3. The van der Waals surface area contributed by atoms with Gasteiger partial charge in [0.25, 0.3) is 0 Å². The summed E-state index contributed by atoms with van der Waals surface area (Å²) in [5.41, 5.74) is 6.69. The van der Waals surface area contributed by atoms with Gasteiger partial charge in [-0.3, -0.25) is 0 Å². The van der Waals surface area contributed by atoms with Gasteiger partial charge in [0.1, 0.15) is 0 Å².